The molecule has 0 spiro atoms. The van der Waals surface area contributed by atoms with E-state index in [2.05, 4.69) is 11.1 Å². The number of carbonyl (C=O) groups is 2. The SMILES string of the molecule is Cc1c(C(=O)OC2CCCCCCC2)[nH]c2c1C(=O)CC(c1cccs1)C2. The van der Waals surface area contributed by atoms with E-state index < -0.39 is 0 Å². The maximum Gasteiger partial charge on any atom is 0.355 e. The molecule has 0 bridgehead atoms. The van der Waals surface area contributed by atoms with Gasteiger partial charge in [0.05, 0.1) is 0 Å². The molecule has 0 aliphatic heterocycles. The zero-order chi connectivity index (χ0) is 18.8. The number of ketones is 1. The summed E-state index contributed by atoms with van der Waals surface area (Å²) < 4.78 is 5.83. The van der Waals surface area contributed by atoms with E-state index in [4.69, 9.17) is 4.74 Å². The fraction of sp³-hybridized carbons (Fsp3) is 0.545. The number of thiophene rings is 1. The summed E-state index contributed by atoms with van der Waals surface area (Å²) in [6.45, 7) is 1.87. The largest absolute Gasteiger partial charge is 0.458 e. The van der Waals surface area contributed by atoms with Gasteiger partial charge in [0, 0.05) is 28.5 Å². The summed E-state index contributed by atoms with van der Waals surface area (Å²) in [7, 11) is 0. The molecule has 0 radical (unpaired) electrons. The molecule has 1 atom stereocenters. The quantitative estimate of drug-likeness (QED) is 0.703. The second-order valence-electron chi connectivity index (χ2n) is 7.89. The Hall–Kier alpha value is -1.88. The summed E-state index contributed by atoms with van der Waals surface area (Å²) in [6, 6.07) is 4.12. The number of ether oxygens (including phenoxy) is 1. The van der Waals surface area contributed by atoms with E-state index in [-0.39, 0.29) is 23.8 Å². The Bertz CT molecular complexity index is 813. The molecule has 2 aromatic heterocycles. The summed E-state index contributed by atoms with van der Waals surface area (Å²) in [5, 5.41) is 2.05. The maximum absolute atomic E-state index is 12.8. The molecule has 144 valence electrons. The Kier molecular flexibility index (Phi) is 5.48. The molecule has 4 nitrogen and oxygen atoms in total. The third-order valence-electron chi connectivity index (χ3n) is 5.96. The van der Waals surface area contributed by atoms with E-state index in [1.807, 2.05) is 18.4 Å². The number of aromatic nitrogens is 1. The zero-order valence-corrected chi connectivity index (χ0v) is 16.7. The van der Waals surface area contributed by atoms with Crippen molar-refractivity contribution in [3.05, 3.63) is 44.9 Å². The lowest BCUT2D eigenvalue weighted by atomic mass is 9.84. The number of Topliss-reactive ketones (excluding diaryl/α,β-unsaturated/α-hetero) is 1. The van der Waals surface area contributed by atoms with Gasteiger partial charge >= 0.3 is 5.97 Å². The lowest BCUT2D eigenvalue weighted by Gasteiger charge is -2.20. The van der Waals surface area contributed by atoms with Crippen LogP contribution in [0.1, 0.15) is 94.3 Å². The van der Waals surface area contributed by atoms with Gasteiger partial charge in [-0.25, -0.2) is 4.79 Å². The van der Waals surface area contributed by atoms with Crippen LogP contribution in [0.5, 0.6) is 0 Å². The molecule has 27 heavy (non-hydrogen) atoms. The van der Waals surface area contributed by atoms with Crippen LogP contribution < -0.4 is 0 Å². The van der Waals surface area contributed by atoms with Crippen LogP contribution in [-0.2, 0) is 11.2 Å². The average molecular weight is 386 g/mol. The second kappa shape index (κ2) is 8.01. The summed E-state index contributed by atoms with van der Waals surface area (Å²) in [4.78, 5) is 30.0. The van der Waals surface area contributed by atoms with Gasteiger partial charge in [-0.15, -0.1) is 11.3 Å². The Morgan fingerprint density at radius 1 is 1.15 bits per heavy atom. The maximum atomic E-state index is 12.8. The van der Waals surface area contributed by atoms with Crippen molar-refractivity contribution >= 4 is 23.1 Å². The van der Waals surface area contributed by atoms with E-state index in [1.54, 1.807) is 11.3 Å². The van der Waals surface area contributed by atoms with Gasteiger partial charge in [0.25, 0.3) is 0 Å². The van der Waals surface area contributed by atoms with Crippen LogP contribution in [0, 0.1) is 6.92 Å². The van der Waals surface area contributed by atoms with Crippen molar-refractivity contribution in [3.8, 4) is 0 Å². The fourth-order valence-electron chi connectivity index (χ4n) is 4.51. The van der Waals surface area contributed by atoms with E-state index in [0.717, 1.165) is 43.4 Å². The number of esters is 1. The lowest BCUT2D eigenvalue weighted by molar-refractivity contribution is 0.0232. The van der Waals surface area contributed by atoms with Crippen LogP contribution in [0.4, 0.5) is 0 Å². The third kappa shape index (κ3) is 3.88. The van der Waals surface area contributed by atoms with Gasteiger partial charge in [-0.1, -0.05) is 25.3 Å². The van der Waals surface area contributed by atoms with Crippen molar-refractivity contribution in [3.63, 3.8) is 0 Å². The Morgan fingerprint density at radius 3 is 2.59 bits per heavy atom. The summed E-state index contributed by atoms with van der Waals surface area (Å²) in [5.74, 6) is 0.0406. The molecule has 2 aromatic rings. The number of carbonyl (C=O) groups excluding carboxylic acids is 2. The van der Waals surface area contributed by atoms with Crippen molar-refractivity contribution in [2.75, 3.05) is 0 Å². The van der Waals surface area contributed by atoms with E-state index in [0.29, 0.717) is 17.7 Å². The molecule has 1 unspecified atom stereocenters. The first-order valence-electron chi connectivity index (χ1n) is 10.1. The topological polar surface area (TPSA) is 59.2 Å². The van der Waals surface area contributed by atoms with Gasteiger partial charge in [0.1, 0.15) is 11.8 Å². The van der Waals surface area contributed by atoms with E-state index in [9.17, 15) is 9.59 Å². The highest BCUT2D eigenvalue weighted by atomic mass is 32.1. The summed E-state index contributed by atoms with van der Waals surface area (Å²) in [5.41, 5.74) is 2.84. The van der Waals surface area contributed by atoms with Crippen molar-refractivity contribution in [2.24, 2.45) is 0 Å². The molecule has 1 saturated carbocycles. The van der Waals surface area contributed by atoms with Gasteiger partial charge in [0.15, 0.2) is 5.78 Å². The second-order valence-corrected chi connectivity index (χ2v) is 8.87. The highest BCUT2D eigenvalue weighted by Crippen LogP contribution is 2.37. The number of hydrogen-bond acceptors (Lipinski definition) is 4. The van der Waals surface area contributed by atoms with Gasteiger partial charge in [-0.2, -0.15) is 0 Å². The average Bonchev–Trinajstić information content (AvgIpc) is 3.25. The minimum atomic E-state index is -0.298. The highest BCUT2D eigenvalue weighted by molar-refractivity contribution is 7.10. The van der Waals surface area contributed by atoms with Crippen molar-refractivity contribution in [2.45, 2.75) is 76.7 Å². The summed E-state index contributed by atoms with van der Waals surface area (Å²) in [6.07, 6.45) is 9.18. The molecular formula is C22H27NO3S. The number of fused-ring (bicyclic) bond motifs is 1. The van der Waals surface area contributed by atoms with E-state index in [1.165, 1.54) is 24.1 Å². The third-order valence-corrected chi connectivity index (χ3v) is 7.00. The molecule has 0 saturated heterocycles. The summed E-state index contributed by atoms with van der Waals surface area (Å²) >= 11 is 1.69. The molecule has 2 aliphatic rings. The minimum Gasteiger partial charge on any atom is -0.458 e. The fourth-order valence-corrected chi connectivity index (χ4v) is 5.34. The highest BCUT2D eigenvalue weighted by Gasteiger charge is 2.33. The van der Waals surface area contributed by atoms with Crippen LogP contribution in [0.15, 0.2) is 17.5 Å². The smallest absolute Gasteiger partial charge is 0.355 e. The van der Waals surface area contributed by atoms with Gasteiger partial charge in [-0.05, 0) is 56.0 Å². The first kappa shape index (κ1) is 18.5. The van der Waals surface area contributed by atoms with Crippen LogP contribution in [-0.4, -0.2) is 22.8 Å². The minimum absolute atomic E-state index is 0.00657. The molecule has 4 rings (SSSR count). The van der Waals surface area contributed by atoms with Crippen LogP contribution in [0.25, 0.3) is 0 Å². The van der Waals surface area contributed by atoms with Crippen molar-refractivity contribution in [1.82, 2.24) is 4.98 Å². The lowest BCUT2D eigenvalue weighted by Crippen LogP contribution is -2.20. The predicted molar refractivity (Wildman–Crippen MR) is 107 cm³/mol. The number of hydrogen-bond donors (Lipinski definition) is 1. The van der Waals surface area contributed by atoms with Crippen molar-refractivity contribution in [1.29, 1.82) is 0 Å². The first-order chi connectivity index (χ1) is 13.1. The zero-order valence-electron chi connectivity index (χ0n) is 15.9. The molecule has 1 fully saturated rings. The molecule has 5 heteroatoms. The monoisotopic (exact) mass is 385 g/mol. The normalized spacial score (nSPS) is 21.4. The number of nitrogens with one attached hydrogen (secondary N) is 1. The van der Waals surface area contributed by atoms with E-state index >= 15 is 0 Å². The van der Waals surface area contributed by atoms with Crippen LogP contribution in [0.3, 0.4) is 0 Å². The molecule has 0 amide bonds. The standard InChI is InChI=1S/C22H27NO3S/c1-14-20-17(12-15(13-18(20)24)19-10-7-11-27-19)23-21(14)22(25)26-16-8-5-3-2-4-6-9-16/h7,10-11,15-16,23H,2-6,8-9,12-13H2,1H3. The number of rotatable bonds is 3. The Morgan fingerprint density at radius 2 is 1.89 bits per heavy atom. The van der Waals surface area contributed by atoms with Crippen LogP contribution in [0.2, 0.25) is 0 Å². The van der Waals surface area contributed by atoms with Gasteiger partial charge in [0.2, 0.25) is 0 Å². The predicted octanol–water partition coefficient (Wildman–Crippen LogP) is 5.57. The Labute approximate surface area is 164 Å². The number of aromatic amines is 1. The molecule has 2 aliphatic carbocycles. The molecule has 2 heterocycles. The molecular weight excluding hydrogens is 358 g/mol. The van der Waals surface area contributed by atoms with Gasteiger partial charge < -0.3 is 9.72 Å². The molecule has 1 N–H and O–H groups in total. The first-order valence-corrected chi connectivity index (χ1v) is 11.0. The van der Waals surface area contributed by atoms with Gasteiger partial charge in [-0.3, -0.25) is 4.79 Å². The molecule has 0 aromatic carbocycles. The van der Waals surface area contributed by atoms with Crippen molar-refractivity contribution < 1.29 is 14.3 Å². The number of H-pyrrole nitrogens is 1. The Balaban J connectivity index is 1.52. The van der Waals surface area contributed by atoms with Crippen LogP contribution >= 0.6 is 11.3 Å².